The van der Waals surface area contributed by atoms with Crippen LogP contribution in [0.25, 0.3) is 0 Å². The number of imide groups is 1. The van der Waals surface area contributed by atoms with Gasteiger partial charge < -0.3 is 4.74 Å². The third-order valence-electron chi connectivity index (χ3n) is 5.86. The monoisotopic (exact) mass is 393 g/mol. The Balaban J connectivity index is 1.34. The van der Waals surface area contributed by atoms with Crippen molar-refractivity contribution >= 4 is 35.1 Å². The number of esters is 1. The Morgan fingerprint density at radius 3 is 2.04 bits per heavy atom. The summed E-state index contributed by atoms with van der Waals surface area (Å²) in [6, 6.07) is 12.8. The molecule has 0 spiro atoms. The van der Waals surface area contributed by atoms with Gasteiger partial charge >= 0.3 is 5.97 Å². The summed E-state index contributed by atoms with van der Waals surface area (Å²) >= 11 is 5.82. The number of anilines is 1. The van der Waals surface area contributed by atoms with Gasteiger partial charge in [0.25, 0.3) is 0 Å². The number of hydrogen-bond acceptors (Lipinski definition) is 4. The number of allylic oxidation sites excluding steroid dienone is 2. The number of ether oxygens (including phenoxy) is 1. The lowest BCUT2D eigenvalue weighted by molar-refractivity contribution is -0.123. The average Bonchev–Trinajstić information content (AvgIpc) is 3.38. The highest BCUT2D eigenvalue weighted by atomic mass is 35.5. The number of carbonyl (C=O) groups is 3. The molecule has 0 aromatic heterocycles. The molecule has 0 N–H and O–H groups in total. The Hall–Kier alpha value is -2.92. The minimum absolute atomic E-state index is 0.136. The molecule has 0 unspecified atom stereocenters. The van der Waals surface area contributed by atoms with Crippen molar-refractivity contribution in [1.29, 1.82) is 0 Å². The predicted molar refractivity (Wildman–Crippen MR) is 103 cm³/mol. The number of carbonyl (C=O) groups excluding carboxylic acids is 3. The van der Waals surface area contributed by atoms with E-state index in [1.54, 1.807) is 48.5 Å². The molecule has 6 heteroatoms. The third kappa shape index (κ3) is 2.58. The number of amides is 2. The first-order valence-electron chi connectivity index (χ1n) is 9.17. The van der Waals surface area contributed by atoms with Gasteiger partial charge in [-0.25, -0.2) is 4.79 Å². The molecule has 2 aromatic carbocycles. The highest BCUT2D eigenvalue weighted by Gasteiger charge is 2.59. The van der Waals surface area contributed by atoms with Crippen molar-refractivity contribution in [2.24, 2.45) is 23.7 Å². The third-order valence-corrected chi connectivity index (χ3v) is 6.11. The van der Waals surface area contributed by atoms with E-state index >= 15 is 0 Å². The molecule has 1 saturated heterocycles. The molecule has 2 fully saturated rings. The molecule has 2 amide bonds. The Morgan fingerprint density at radius 1 is 0.893 bits per heavy atom. The van der Waals surface area contributed by atoms with Crippen molar-refractivity contribution < 1.29 is 19.1 Å². The molecule has 28 heavy (non-hydrogen) atoms. The fraction of sp³-hybridized carbons (Fsp3) is 0.227. The molecule has 0 radical (unpaired) electrons. The fourth-order valence-corrected chi connectivity index (χ4v) is 4.70. The van der Waals surface area contributed by atoms with Crippen LogP contribution in [0.5, 0.6) is 5.75 Å². The van der Waals surface area contributed by atoms with Crippen LogP contribution in [0, 0.1) is 23.7 Å². The zero-order valence-electron chi connectivity index (χ0n) is 14.7. The zero-order chi connectivity index (χ0) is 19.4. The van der Waals surface area contributed by atoms with Crippen LogP contribution in [0.1, 0.15) is 16.8 Å². The van der Waals surface area contributed by atoms with Gasteiger partial charge in [0.15, 0.2) is 0 Å². The van der Waals surface area contributed by atoms with Crippen molar-refractivity contribution in [3.8, 4) is 5.75 Å². The quantitative estimate of drug-likeness (QED) is 0.343. The first kappa shape index (κ1) is 17.2. The summed E-state index contributed by atoms with van der Waals surface area (Å²) in [7, 11) is 0. The van der Waals surface area contributed by atoms with Gasteiger partial charge in [0.2, 0.25) is 11.8 Å². The van der Waals surface area contributed by atoms with E-state index in [9.17, 15) is 14.4 Å². The molecule has 140 valence electrons. The van der Waals surface area contributed by atoms with Gasteiger partial charge in [-0.1, -0.05) is 23.8 Å². The second-order valence-corrected chi connectivity index (χ2v) is 7.84. The Morgan fingerprint density at radius 2 is 1.46 bits per heavy atom. The summed E-state index contributed by atoms with van der Waals surface area (Å²) in [5.41, 5.74) is 0.826. The van der Waals surface area contributed by atoms with Crippen LogP contribution in [0.4, 0.5) is 5.69 Å². The molecular formula is C22H16ClNO4. The highest BCUT2D eigenvalue weighted by molar-refractivity contribution is 6.30. The Bertz CT molecular complexity index is 982. The van der Waals surface area contributed by atoms with Crippen molar-refractivity contribution in [3.63, 3.8) is 0 Å². The van der Waals surface area contributed by atoms with Crippen molar-refractivity contribution in [1.82, 2.24) is 0 Å². The maximum Gasteiger partial charge on any atom is 0.343 e. The molecule has 2 aromatic rings. The average molecular weight is 394 g/mol. The molecule has 3 aliphatic rings. The Labute approximate surface area is 166 Å². The van der Waals surface area contributed by atoms with Crippen LogP contribution in [0.3, 0.4) is 0 Å². The summed E-state index contributed by atoms with van der Waals surface area (Å²) in [6.07, 6.45) is 5.03. The van der Waals surface area contributed by atoms with Crippen molar-refractivity contribution in [2.75, 3.05) is 4.90 Å². The van der Waals surface area contributed by atoms with Gasteiger partial charge in [0.05, 0.1) is 23.1 Å². The number of benzene rings is 2. The Kier molecular flexibility index (Phi) is 3.88. The predicted octanol–water partition coefficient (Wildman–Crippen LogP) is 3.87. The maximum atomic E-state index is 12.8. The highest BCUT2D eigenvalue weighted by Crippen LogP contribution is 2.53. The lowest BCUT2D eigenvalue weighted by Gasteiger charge is -2.17. The molecule has 1 heterocycles. The molecule has 2 bridgehead atoms. The van der Waals surface area contributed by atoms with E-state index in [0.717, 1.165) is 6.42 Å². The van der Waals surface area contributed by atoms with Gasteiger partial charge in [-0.05, 0) is 66.8 Å². The minimum Gasteiger partial charge on any atom is -0.423 e. The van der Waals surface area contributed by atoms with E-state index in [1.165, 1.54) is 4.90 Å². The lowest BCUT2D eigenvalue weighted by Crippen LogP contribution is -2.32. The molecular weight excluding hydrogens is 378 g/mol. The first-order valence-corrected chi connectivity index (χ1v) is 9.54. The van der Waals surface area contributed by atoms with E-state index in [-0.39, 0.29) is 35.5 Å². The van der Waals surface area contributed by atoms with E-state index in [0.29, 0.717) is 22.0 Å². The first-order chi connectivity index (χ1) is 13.5. The number of fused-ring (bicyclic) bond motifs is 5. The van der Waals surface area contributed by atoms with Gasteiger partial charge in [-0.3, -0.25) is 14.5 Å². The second-order valence-electron chi connectivity index (χ2n) is 7.40. The minimum atomic E-state index is -0.521. The standard InChI is InChI=1S/C22H16ClNO4/c23-15-5-9-17(10-6-15)28-22(27)12-3-7-16(8-4-12)24-20(25)18-13-1-2-14(11-13)19(18)21(24)26/h1-10,13-14,18-19H,11H2/t13-,14+,18-,19+. The molecule has 5 nitrogen and oxygen atoms in total. The topological polar surface area (TPSA) is 63.7 Å². The smallest absolute Gasteiger partial charge is 0.343 e. The molecule has 1 saturated carbocycles. The van der Waals surface area contributed by atoms with E-state index in [2.05, 4.69) is 12.2 Å². The van der Waals surface area contributed by atoms with Crippen LogP contribution >= 0.6 is 11.6 Å². The van der Waals surface area contributed by atoms with Crippen molar-refractivity contribution in [3.05, 3.63) is 71.3 Å². The summed E-state index contributed by atoms with van der Waals surface area (Å²) in [5, 5.41) is 0.553. The molecule has 5 rings (SSSR count). The second kappa shape index (κ2) is 6.31. The molecule has 1 aliphatic heterocycles. The van der Waals surface area contributed by atoms with Gasteiger partial charge in [-0.15, -0.1) is 0 Å². The number of nitrogens with zero attached hydrogens (tertiary/aromatic N) is 1. The van der Waals surface area contributed by atoms with Crippen LogP contribution in [0.2, 0.25) is 5.02 Å². The maximum absolute atomic E-state index is 12.8. The summed E-state index contributed by atoms with van der Waals surface area (Å²) in [4.78, 5) is 39.3. The zero-order valence-corrected chi connectivity index (χ0v) is 15.5. The van der Waals surface area contributed by atoms with E-state index < -0.39 is 5.97 Å². The normalized spacial score (nSPS) is 27.4. The summed E-state index contributed by atoms with van der Waals surface area (Å²) in [5.74, 6) is -0.540. The SMILES string of the molecule is O=C(Oc1ccc(Cl)cc1)c1ccc(N2C(=O)[C@@H]3[C@H](C2=O)[C@@H]2C=C[C@H]3C2)cc1. The summed E-state index contributed by atoms with van der Waals surface area (Å²) in [6.45, 7) is 0. The fourth-order valence-electron chi connectivity index (χ4n) is 4.57. The van der Waals surface area contributed by atoms with Gasteiger partial charge in [-0.2, -0.15) is 0 Å². The van der Waals surface area contributed by atoms with Crippen LogP contribution in [-0.2, 0) is 9.59 Å². The van der Waals surface area contributed by atoms with Crippen molar-refractivity contribution in [2.45, 2.75) is 6.42 Å². The van der Waals surface area contributed by atoms with Crippen LogP contribution < -0.4 is 9.64 Å². The van der Waals surface area contributed by atoms with E-state index in [1.807, 2.05) is 0 Å². The lowest BCUT2D eigenvalue weighted by atomic mass is 9.85. The number of rotatable bonds is 3. The number of halogens is 1. The van der Waals surface area contributed by atoms with Gasteiger partial charge in [0, 0.05) is 5.02 Å². The molecule has 4 atom stereocenters. The van der Waals surface area contributed by atoms with Crippen LogP contribution in [-0.4, -0.2) is 17.8 Å². The van der Waals surface area contributed by atoms with Gasteiger partial charge in [0.1, 0.15) is 5.75 Å². The van der Waals surface area contributed by atoms with E-state index in [4.69, 9.17) is 16.3 Å². The number of hydrogen-bond donors (Lipinski definition) is 0. The summed E-state index contributed by atoms with van der Waals surface area (Å²) < 4.78 is 5.31. The molecule has 2 aliphatic carbocycles. The van der Waals surface area contributed by atoms with Crippen LogP contribution in [0.15, 0.2) is 60.7 Å². The largest absolute Gasteiger partial charge is 0.423 e.